The van der Waals surface area contributed by atoms with Crippen molar-refractivity contribution >= 4 is 23.4 Å². The number of nitrogens with two attached hydrogens (primary N) is 1. The van der Waals surface area contributed by atoms with Gasteiger partial charge in [0.25, 0.3) is 5.91 Å². The number of carbonyl (C=O) groups is 2. The average molecular weight is 174 g/mol. The van der Waals surface area contributed by atoms with E-state index >= 15 is 0 Å². The molecule has 1 atom stereocenters. The molecule has 2 amide bonds. The molecule has 0 aliphatic carbocycles. The largest absolute Gasteiger partial charge is 0.369 e. The van der Waals surface area contributed by atoms with Crippen molar-refractivity contribution in [1.82, 2.24) is 0 Å². The van der Waals surface area contributed by atoms with E-state index in [1.807, 2.05) is 0 Å². The molecule has 6 heteroatoms. The topological polar surface area (TPSA) is 84.9 Å². The molecule has 0 aromatic heterocycles. The molecular formula is C5H4ClN3O2. The second kappa shape index (κ2) is 2.79. The van der Waals surface area contributed by atoms with Crippen LogP contribution in [0.5, 0.6) is 0 Å². The number of azo groups is 1. The summed E-state index contributed by atoms with van der Waals surface area (Å²) in [4.78, 5) is 21.2. The molecule has 0 spiro atoms. The van der Waals surface area contributed by atoms with Gasteiger partial charge >= 0.3 is 0 Å². The number of hydrogen-bond acceptors (Lipinski definition) is 3. The number of hydrogen-bond donors (Lipinski definition) is 1. The lowest BCUT2D eigenvalue weighted by Crippen LogP contribution is -2.28. The third-order valence-electron chi connectivity index (χ3n) is 1.12. The van der Waals surface area contributed by atoms with E-state index in [2.05, 4.69) is 10.2 Å². The number of primary amides is 1. The van der Waals surface area contributed by atoms with E-state index in [0.29, 0.717) is 0 Å². The van der Waals surface area contributed by atoms with E-state index in [1.165, 1.54) is 6.08 Å². The van der Waals surface area contributed by atoms with Crippen LogP contribution in [0.15, 0.2) is 21.5 Å². The fraction of sp³-hybridized carbons (Fsp3) is 0.200. The number of carbonyl (C=O) groups excluding carboxylic acids is 2. The summed E-state index contributed by atoms with van der Waals surface area (Å²) in [5, 5.41) is 6.34. The van der Waals surface area contributed by atoms with Crippen LogP contribution in [0.4, 0.5) is 0 Å². The second-order valence-corrected chi connectivity index (χ2v) is 2.29. The fourth-order valence-corrected chi connectivity index (χ4v) is 0.769. The maximum atomic E-state index is 10.7. The SMILES string of the molecule is NC(=O)C1C=C(Cl)N=NC1=O. The van der Waals surface area contributed by atoms with Gasteiger partial charge < -0.3 is 5.73 Å². The van der Waals surface area contributed by atoms with Crippen molar-refractivity contribution < 1.29 is 9.59 Å². The van der Waals surface area contributed by atoms with Crippen LogP contribution in [-0.4, -0.2) is 11.8 Å². The Hall–Kier alpha value is -1.23. The monoisotopic (exact) mass is 173 g/mol. The van der Waals surface area contributed by atoms with Gasteiger partial charge in [-0.25, -0.2) is 0 Å². The minimum Gasteiger partial charge on any atom is -0.369 e. The zero-order chi connectivity index (χ0) is 8.43. The van der Waals surface area contributed by atoms with Crippen LogP contribution in [0.3, 0.4) is 0 Å². The summed E-state index contributed by atoms with van der Waals surface area (Å²) in [6, 6.07) is 0. The van der Waals surface area contributed by atoms with E-state index < -0.39 is 17.7 Å². The van der Waals surface area contributed by atoms with E-state index in [4.69, 9.17) is 17.3 Å². The van der Waals surface area contributed by atoms with Gasteiger partial charge in [-0.2, -0.15) is 0 Å². The van der Waals surface area contributed by atoms with Crippen molar-refractivity contribution in [1.29, 1.82) is 0 Å². The van der Waals surface area contributed by atoms with E-state index in [-0.39, 0.29) is 5.16 Å². The molecule has 0 bridgehead atoms. The van der Waals surface area contributed by atoms with Crippen LogP contribution in [0.2, 0.25) is 0 Å². The van der Waals surface area contributed by atoms with Gasteiger partial charge in [-0.1, -0.05) is 11.6 Å². The van der Waals surface area contributed by atoms with Crippen LogP contribution in [0, 0.1) is 5.92 Å². The van der Waals surface area contributed by atoms with Gasteiger partial charge in [0.2, 0.25) is 5.91 Å². The molecule has 5 nitrogen and oxygen atoms in total. The Morgan fingerprint density at radius 2 is 2.27 bits per heavy atom. The molecule has 2 N–H and O–H groups in total. The first kappa shape index (κ1) is 7.87. The second-order valence-electron chi connectivity index (χ2n) is 1.91. The molecular weight excluding hydrogens is 170 g/mol. The Labute approximate surface area is 66.9 Å². The summed E-state index contributed by atoms with van der Waals surface area (Å²) < 4.78 is 0. The molecule has 0 saturated heterocycles. The highest BCUT2D eigenvalue weighted by Gasteiger charge is 2.25. The first-order chi connectivity index (χ1) is 5.11. The normalized spacial score (nSPS) is 23.2. The zero-order valence-electron chi connectivity index (χ0n) is 5.32. The maximum absolute atomic E-state index is 10.7. The molecule has 0 aromatic rings. The first-order valence-electron chi connectivity index (χ1n) is 2.73. The van der Waals surface area contributed by atoms with Gasteiger partial charge in [0, 0.05) is 0 Å². The highest BCUT2D eigenvalue weighted by atomic mass is 35.5. The zero-order valence-corrected chi connectivity index (χ0v) is 6.08. The molecule has 11 heavy (non-hydrogen) atoms. The average Bonchev–Trinajstić information content (AvgIpc) is 1.94. The van der Waals surface area contributed by atoms with Crippen molar-refractivity contribution in [3.05, 3.63) is 11.2 Å². The maximum Gasteiger partial charge on any atom is 0.281 e. The van der Waals surface area contributed by atoms with Crippen LogP contribution in [0.1, 0.15) is 0 Å². The van der Waals surface area contributed by atoms with Gasteiger partial charge in [0.15, 0.2) is 0 Å². The Balaban J connectivity index is 2.90. The van der Waals surface area contributed by atoms with E-state index in [1.54, 1.807) is 0 Å². The molecule has 0 radical (unpaired) electrons. The van der Waals surface area contributed by atoms with Crippen molar-refractivity contribution in [2.75, 3.05) is 0 Å². The van der Waals surface area contributed by atoms with Crippen LogP contribution in [0.25, 0.3) is 0 Å². The van der Waals surface area contributed by atoms with Crippen molar-refractivity contribution in [2.45, 2.75) is 0 Å². The summed E-state index contributed by atoms with van der Waals surface area (Å²) in [5.41, 5.74) is 4.86. The lowest BCUT2D eigenvalue weighted by atomic mass is 10.1. The Bertz CT molecular complexity index is 271. The highest BCUT2D eigenvalue weighted by Crippen LogP contribution is 2.16. The quantitative estimate of drug-likeness (QED) is 0.453. The predicted octanol–water partition coefficient (Wildman–Crippen LogP) is 0.160. The number of amides is 2. The molecule has 0 aromatic carbocycles. The lowest BCUT2D eigenvalue weighted by Gasteiger charge is -2.05. The summed E-state index contributed by atoms with van der Waals surface area (Å²) in [6.07, 6.45) is 1.17. The third-order valence-corrected chi connectivity index (χ3v) is 1.32. The van der Waals surface area contributed by atoms with Crippen LogP contribution >= 0.6 is 11.6 Å². The number of rotatable bonds is 1. The van der Waals surface area contributed by atoms with Crippen molar-refractivity contribution in [3.8, 4) is 0 Å². The minimum atomic E-state index is -1.06. The summed E-state index contributed by atoms with van der Waals surface area (Å²) >= 11 is 5.36. The van der Waals surface area contributed by atoms with Gasteiger partial charge in [-0.15, -0.1) is 10.2 Å². The standard InChI is InChI=1S/C5H4ClN3O2/c6-3-1-2(4(7)10)5(11)9-8-3/h1-2H,(H2,7,10). The molecule has 58 valence electrons. The van der Waals surface area contributed by atoms with Crippen molar-refractivity contribution in [3.63, 3.8) is 0 Å². The third kappa shape index (κ3) is 1.62. The summed E-state index contributed by atoms with van der Waals surface area (Å²) in [6.45, 7) is 0. The summed E-state index contributed by atoms with van der Waals surface area (Å²) in [7, 11) is 0. The highest BCUT2D eigenvalue weighted by molar-refractivity contribution is 6.30. The smallest absolute Gasteiger partial charge is 0.281 e. The van der Waals surface area contributed by atoms with E-state index in [9.17, 15) is 9.59 Å². The molecule has 1 rings (SSSR count). The van der Waals surface area contributed by atoms with Crippen molar-refractivity contribution in [2.24, 2.45) is 21.9 Å². The molecule has 1 aliphatic heterocycles. The number of halogens is 1. The van der Waals surface area contributed by atoms with E-state index in [0.717, 1.165) is 0 Å². The van der Waals surface area contributed by atoms with Crippen LogP contribution in [-0.2, 0) is 9.59 Å². The molecule has 0 fully saturated rings. The molecule has 1 aliphatic rings. The van der Waals surface area contributed by atoms with Gasteiger partial charge in [-0.3, -0.25) is 9.59 Å². The first-order valence-corrected chi connectivity index (χ1v) is 3.11. The molecule has 0 saturated carbocycles. The Morgan fingerprint density at radius 3 is 2.73 bits per heavy atom. The Kier molecular flexibility index (Phi) is 2.00. The fourth-order valence-electron chi connectivity index (χ4n) is 0.605. The van der Waals surface area contributed by atoms with Gasteiger partial charge in [0.1, 0.15) is 11.1 Å². The number of nitrogens with zero attached hydrogens (tertiary/aromatic N) is 2. The lowest BCUT2D eigenvalue weighted by molar-refractivity contribution is -0.129. The van der Waals surface area contributed by atoms with Gasteiger partial charge in [-0.05, 0) is 6.08 Å². The Morgan fingerprint density at radius 1 is 1.64 bits per heavy atom. The summed E-state index contributed by atoms with van der Waals surface area (Å²) in [5.74, 6) is -2.51. The predicted molar refractivity (Wildman–Crippen MR) is 36.5 cm³/mol. The molecule has 1 unspecified atom stereocenters. The van der Waals surface area contributed by atoms with Crippen LogP contribution < -0.4 is 5.73 Å². The minimum absolute atomic E-state index is 0.00778. The molecule has 1 heterocycles. The van der Waals surface area contributed by atoms with Gasteiger partial charge in [0.05, 0.1) is 0 Å².